The van der Waals surface area contributed by atoms with Gasteiger partial charge in [-0.2, -0.15) is 5.26 Å². The van der Waals surface area contributed by atoms with Crippen LogP contribution in [0.1, 0.15) is 25.0 Å². The van der Waals surface area contributed by atoms with Crippen molar-refractivity contribution in [2.24, 2.45) is 0 Å². The molecule has 2 aromatic rings. The van der Waals surface area contributed by atoms with Crippen LogP contribution in [-0.2, 0) is 0 Å². The molecule has 0 radical (unpaired) electrons. The van der Waals surface area contributed by atoms with E-state index in [2.05, 4.69) is 6.07 Å². The zero-order valence-corrected chi connectivity index (χ0v) is 14.1. The molecule has 0 heterocycles. The third-order valence-corrected chi connectivity index (χ3v) is 3.41. The Kier molecular flexibility index (Phi) is 5.67. The number of rotatable bonds is 5. The summed E-state index contributed by atoms with van der Waals surface area (Å²) in [5.41, 5.74) is 2.13. The number of halogens is 1. The average molecular weight is 328 g/mol. The molecule has 0 saturated carbocycles. The van der Waals surface area contributed by atoms with E-state index < -0.39 is 0 Å². The van der Waals surface area contributed by atoms with E-state index in [1.54, 1.807) is 25.3 Å². The maximum Gasteiger partial charge on any atom is 0.168 e. The van der Waals surface area contributed by atoms with Gasteiger partial charge in [-0.05, 0) is 43.7 Å². The van der Waals surface area contributed by atoms with Crippen LogP contribution in [0.4, 0.5) is 0 Å². The van der Waals surface area contributed by atoms with E-state index in [1.165, 1.54) is 0 Å². The molecule has 3 nitrogen and oxygen atoms in total. The SMILES string of the molecule is COc1cccc(/C=C(\C#N)c2ccc(Cl)cc2)c1OC(C)C. The summed E-state index contributed by atoms with van der Waals surface area (Å²) >= 11 is 5.90. The third-order valence-electron chi connectivity index (χ3n) is 3.16. The molecule has 0 amide bonds. The smallest absolute Gasteiger partial charge is 0.168 e. The first-order chi connectivity index (χ1) is 11.0. The highest BCUT2D eigenvalue weighted by Crippen LogP contribution is 2.34. The van der Waals surface area contributed by atoms with Crippen molar-refractivity contribution < 1.29 is 9.47 Å². The van der Waals surface area contributed by atoms with Crippen LogP contribution in [0, 0.1) is 11.3 Å². The summed E-state index contributed by atoms with van der Waals surface area (Å²) in [6, 6.07) is 15.0. The topological polar surface area (TPSA) is 42.2 Å². The van der Waals surface area contributed by atoms with Gasteiger partial charge in [0.25, 0.3) is 0 Å². The van der Waals surface area contributed by atoms with Gasteiger partial charge in [0.1, 0.15) is 0 Å². The summed E-state index contributed by atoms with van der Waals surface area (Å²) in [5.74, 6) is 1.27. The molecular weight excluding hydrogens is 310 g/mol. The zero-order valence-electron chi connectivity index (χ0n) is 13.3. The summed E-state index contributed by atoms with van der Waals surface area (Å²) < 4.78 is 11.2. The maximum absolute atomic E-state index is 9.49. The maximum atomic E-state index is 9.49. The lowest BCUT2D eigenvalue weighted by Gasteiger charge is -2.16. The minimum Gasteiger partial charge on any atom is -0.493 e. The molecule has 118 valence electrons. The van der Waals surface area contributed by atoms with Crippen LogP contribution >= 0.6 is 11.6 Å². The number of allylic oxidation sites excluding steroid dienone is 1. The quantitative estimate of drug-likeness (QED) is 0.560. The number of hydrogen-bond donors (Lipinski definition) is 0. The molecule has 0 unspecified atom stereocenters. The standard InChI is InChI=1S/C19H18ClNO2/c1-13(2)23-19-15(5-4-6-18(19)22-3)11-16(12-21)14-7-9-17(20)10-8-14/h4-11,13H,1-3H3/b16-11+. The molecule has 0 bridgehead atoms. The van der Waals surface area contributed by atoms with Crippen molar-refractivity contribution in [2.75, 3.05) is 7.11 Å². The fourth-order valence-electron chi connectivity index (χ4n) is 2.13. The summed E-state index contributed by atoms with van der Waals surface area (Å²) in [7, 11) is 1.60. The lowest BCUT2D eigenvalue weighted by molar-refractivity contribution is 0.229. The minimum absolute atomic E-state index is 0.000447. The fraction of sp³-hybridized carbons (Fsp3) is 0.211. The number of methoxy groups -OCH3 is 1. The summed E-state index contributed by atoms with van der Waals surface area (Å²) in [5, 5.41) is 10.1. The second-order valence-corrected chi connectivity index (χ2v) is 5.66. The molecule has 0 aliphatic heterocycles. The molecular formula is C19H18ClNO2. The lowest BCUT2D eigenvalue weighted by Crippen LogP contribution is -2.08. The first-order valence-electron chi connectivity index (χ1n) is 7.26. The van der Waals surface area contributed by atoms with Gasteiger partial charge >= 0.3 is 0 Å². The number of para-hydroxylation sites is 1. The summed E-state index contributed by atoms with van der Waals surface area (Å²) in [6.45, 7) is 3.90. The normalized spacial score (nSPS) is 11.2. The second kappa shape index (κ2) is 7.71. The highest BCUT2D eigenvalue weighted by atomic mass is 35.5. The Morgan fingerprint density at radius 2 is 1.87 bits per heavy atom. The molecule has 0 saturated heterocycles. The molecule has 0 aromatic heterocycles. The van der Waals surface area contributed by atoms with Crippen LogP contribution in [-0.4, -0.2) is 13.2 Å². The summed E-state index contributed by atoms with van der Waals surface area (Å²) in [6.07, 6.45) is 1.79. The number of hydrogen-bond acceptors (Lipinski definition) is 3. The van der Waals surface area contributed by atoms with Crippen LogP contribution in [0.2, 0.25) is 5.02 Å². The zero-order chi connectivity index (χ0) is 16.8. The molecule has 0 fully saturated rings. The molecule has 0 N–H and O–H groups in total. The highest BCUT2D eigenvalue weighted by molar-refractivity contribution is 6.30. The molecule has 2 aromatic carbocycles. The fourth-order valence-corrected chi connectivity index (χ4v) is 2.26. The van der Waals surface area contributed by atoms with Gasteiger partial charge in [0.2, 0.25) is 0 Å². The van der Waals surface area contributed by atoms with Crippen LogP contribution in [0.15, 0.2) is 42.5 Å². The Labute approximate surface area is 141 Å². The second-order valence-electron chi connectivity index (χ2n) is 5.22. The molecule has 0 spiro atoms. The molecule has 0 aliphatic rings. The predicted octanol–water partition coefficient (Wildman–Crippen LogP) is 5.20. The minimum atomic E-state index is -0.000447. The van der Waals surface area contributed by atoms with E-state index >= 15 is 0 Å². The molecule has 0 aliphatic carbocycles. The molecule has 2 rings (SSSR count). The van der Waals surface area contributed by atoms with Crippen LogP contribution in [0.3, 0.4) is 0 Å². The van der Waals surface area contributed by atoms with E-state index in [1.807, 2.05) is 44.2 Å². The van der Waals surface area contributed by atoms with Gasteiger partial charge in [0, 0.05) is 10.6 Å². The predicted molar refractivity (Wildman–Crippen MR) is 93.7 cm³/mol. The van der Waals surface area contributed by atoms with Crippen molar-refractivity contribution in [3.63, 3.8) is 0 Å². The third kappa shape index (κ3) is 4.28. The first-order valence-corrected chi connectivity index (χ1v) is 7.64. The van der Waals surface area contributed by atoms with E-state index in [0.29, 0.717) is 22.1 Å². The van der Waals surface area contributed by atoms with Gasteiger partial charge in [-0.3, -0.25) is 0 Å². The number of nitrogens with zero attached hydrogens (tertiary/aromatic N) is 1. The van der Waals surface area contributed by atoms with Gasteiger partial charge in [0.15, 0.2) is 11.5 Å². The van der Waals surface area contributed by atoms with E-state index in [-0.39, 0.29) is 6.10 Å². The molecule has 23 heavy (non-hydrogen) atoms. The monoisotopic (exact) mass is 327 g/mol. The van der Waals surface area contributed by atoms with E-state index in [4.69, 9.17) is 21.1 Å². The Hall–Kier alpha value is -2.44. The highest BCUT2D eigenvalue weighted by Gasteiger charge is 2.12. The van der Waals surface area contributed by atoms with Gasteiger partial charge in [-0.15, -0.1) is 0 Å². The Morgan fingerprint density at radius 3 is 2.43 bits per heavy atom. The van der Waals surface area contributed by atoms with Crippen LogP contribution in [0.5, 0.6) is 11.5 Å². The Bertz CT molecular complexity index is 743. The van der Waals surface area contributed by atoms with Gasteiger partial charge < -0.3 is 9.47 Å². The van der Waals surface area contributed by atoms with E-state index in [0.717, 1.165) is 11.1 Å². The Morgan fingerprint density at radius 1 is 1.17 bits per heavy atom. The average Bonchev–Trinajstić information content (AvgIpc) is 2.54. The van der Waals surface area contributed by atoms with Crippen molar-refractivity contribution >= 4 is 23.3 Å². The Balaban J connectivity index is 2.51. The molecule has 4 heteroatoms. The number of benzene rings is 2. The van der Waals surface area contributed by atoms with Crippen molar-refractivity contribution in [3.8, 4) is 17.6 Å². The van der Waals surface area contributed by atoms with Crippen molar-refractivity contribution in [3.05, 3.63) is 58.6 Å². The number of ether oxygens (including phenoxy) is 2. The molecule has 0 atom stereocenters. The largest absolute Gasteiger partial charge is 0.493 e. The van der Waals surface area contributed by atoms with E-state index in [9.17, 15) is 5.26 Å². The first kappa shape index (κ1) is 16.9. The van der Waals surface area contributed by atoms with Gasteiger partial charge in [-0.1, -0.05) is 35.9 Å². The summed E-state index contributed by atoms with van der Waals surface area (Å²) in [4.78, 5) is 0. The van der Waals surface area contributed by atoms with Gasteiger partial charge in [-0.25, -0.2) is 0 Å². The van der Waals surface area contributed by atoms with Crippen molar-refractivity contribution in [1.29, 1.82) is 5.26 Å². The van der Waals surface area contributed by atoms with Crippen LogP contribution in [0.25, 0.3) is 11.6 Å². The van der Waals surface area contributed by atoms with Crippen molar-refractivity contribution in [1.82, 2.24) is 0 Å². The number of nitriles is 1. The van der Waals surface area contributed by atoms with Crippen molar-refractivity contribution in [2.45, 2.75) is 20.0 Å². The lowest BCUT2D eigenvalue weighted by atomic mass is 10.0. The van der Waals surface area contributed by atoms with Gasteiger partial charge in [0.05, 0.1) is 24.9 Å². The van der Waals surface area contributed by atoms with Crippen LogP contribution < -0.4 is 9.47 Å².